The Hall–Kier alpha value is -3.96. The Balaban J connectivity index is 1.37. The fourth-order valence-electron chi connectivity index (χ4n) is 5.50. The van der Waals surface area contributed by atoms with Crippen LogP contribution >= 0.6 is 0 Å². The van der Waals surface area contributed by atoms with Gasteiger partial charge in [0, 0.05) is 32.4 Å². The zero-order valence-electron chi connectivity index (χ0n) is 22.4. The molecular formula is C30H29F2N3O5S. The number of benzene rings is 3. The van der Waals surface area contributed by atoms with Crippen molar-refractivity contribution in [2.75, 3.05) is 38.2 Å². The van der Waals surface area contributed by atoms with Crippen molar-refractivity contribution in [2.24, 2.45) is 0 Å². The summed E-state index contributed by atoms with van der Waals surface area (Å²) in [4.78, 5) is 44.7. The van der Waals surface area contributed by atoms with E-state index in [9.17, 15) is 31.6 Å². The predicted octanol–water partition coefficient (Wildman–Crippen LogP) is 3.30. The van der Waals surface area contributed by atoms with Crippen LogP contribution in [0.1, 0.15) is 44.3 Å². The average Bonchev–Trinajstić information content (AvgIpc) is 3.20. The van der Waals surface area contributed by atoms with Gasteiger partial charge in [-0.3, -0.25) is 24.2 Å². The van der Waals surface area contributed by atoms with E-state index >= 15 is 0 Å². The first-order valence-corrected chi connectivity index (χ1v) is 15.3. The SMILES string of the molecule is CS(=O)(=O)CC[C@H](C(=O)N1CCN(C(c2ccc(F)cc2)c2ccc(F)cc2)CC1)N1C(=O)c2ccccc2C1=O. The van der Waals surface area contributed by atoms with E-state index in [1.807, 2.05) is 0 Å². The highest BCUT2D eigenvalue weighted by Crippen LogP contribution is 2.31. The maximum Gasteiger partial charge on any atom is 0.262 e. The quantitative estimate of drug-likeness (QED) is 0.379. The fourth-order valence-corrected chi connectivity index (χ4v) is 6.15. The van der Waals surface area contributed by atoms with Gasteiger partial charge in [0.2, 0.25) is 5.91 Å². The zero-order valence-corrected chi connectivity index (χ0v) is 23.2. The van der Waals surface area contributed by atoms with Gasteiger partial charge in [-0.15, -0.1) is 0 Å². The van der Waals surface area contributed by atoms with Crippen molar-refractivity contribution in [3.63, 3.8) is 0 Å². The van der Waals surface area contributed by atoms with Crippen LogP contribution in [-0.4, -0.2) is 85.1 Å². The van der Waals surface area contributed by atoms with Gasteiger partial charge in [-0.25, -0.2) is 17.2 Å². The number of hydrogen-bond acceptors (Lipinski definition) is 6. The Bertz CT molecular complexity index is 1490. The molecule has 0 unspecified atom stereocenters. The third kappa shape index (κ3) is 6.06. The lowest BCUT2D eigenvalue weighted by Crippen LogP contribution is -2.56. The van der Waals surface area contributed by atoms with Gasteiger partial charge in [-0.05, 0) is 53.9 Å². The standard InChI is InChI=1S/C30H29F2N3O5S/c1-41(39,40)19-14-26(35-28(36)24-4-2-3-5-25(24)29(35)37)30(38)34-17-15-33(16-18-34)27(20-6-10-22(31)11-7-20)21-8-12-23(32)13-9-21/h2-13,26-27H,14-19H2,1H3/t26-/m1/s1. The number of halogens is 2. The van der Waals surface area contributed by atoms with Crippen LogP contribution in [0.15, 0.2) is 72.8 Å². The number of rotatable bonds is 8. The monoisotopic (exact) mass is 581 g/mol. The van der Waals surface area contributed by atoms with Crippen molar-refractivity contribution in [2.45, 2.75) is 18.5 Å². The zero-order chi connectivity index (χ0) is 29.3. The van der Waals surface area contributed by atoms with Crippen LogP contribution in [0.5, 0.6) is 0 Å². The van der Waals surface area contributed by atoms with Crippen molar-refractivity contribution in [1.29, 1.82) is 0 Å². The van der Waals surface area contributed by atoms with Crippen LogP contribution in [0.25, 0.3) is 0 Å². The number of piperazine rings is 1. The molecule has 2 heterocycles. The summed E-state index contributed by atoms with van der Waals surface area (Å²) in [7, 11) is -3.48. The van der Waals surface area contributed by atoms with Crippen LogP contribution in [0.2, 0.25) is 0 Å². The van der Waals surface area contributed by atoms with E-state index in [4.69, 9.17) is 0 Å². The molecule has 1 fully saturated rings. The Kier molecular flexibility index (Phi) is 8.01. The highest BCUT2D eigenvalue weighted by molar-refractivity contribution is 7.90. The van der Waals surface area contributed by atoms with Gasteiger partial charge >= 0.3 is 0 Å². The highest BCUT2D eigenvalue weighted by atomic mass is 32.2. The van der Waals surface area contributed by atoms with Crippen molar-refractivity contribution in [3.8, 4) is 0 Å². The van der Waals surface area contributed by atoms with Crippen molar-refractivity contribution in [3.05, 3.63) is 107 Å². The number of amides is 3. The molecule has 11 heteroatoms. The third-order valence-electron chi connectivity index (χ3n) is 7.55. The molecule has 3 aromatic carbocycles. The summed E-state index contributed by atoms with van der Waals surface area (Å²) in [5, 5.41) is 0. The maximum absolute atomic E-state index is 13.8. The normalized spacial score (nSPS) is 16.8. The summed E-state index contributed by atoms with van der Waals surface area (Å²) in [6.45, 7) is 1.28. The molecule has 0 radical (unpaired) electrons. The van der Waals surface area contributed by atoms with E-state index in [2.05, 4.69) is 4.90 Å². The number of fused-ring (bicyclic) bond motifs is 1. The number of sulfone groups is 1. The van der Waals surface area contributed by atoms with Crippen LogP contribution in [0, 0.1) is 11.6 Å². The molecule has 2 aliphatic rings. The third-order valence-corrected chi connectivity index (χ3v) is 8.52. The first-order chi connectivity index (χ1) is 19.5. The van der Waals surface area contributed by atoms with Gasteiger partial charge < -0.3 is 4.90 Å². The fraction of sp³-hybridized carbons (Fsp3) is 0.300. The second kappa shape index (κ2) is 11.5. The van der Waals surface area contributed by atoms with Gasteiger partial charge in [0.1, 0.15) is 27.5 Å². The Labute approximate surface area is 237 Å². The number of carbonyl (C=O) groups is 3. The van der Waals surface area contributed by atoms with Crippen LogP contribution in [0.4, 0.5) is 8.78 Å². The van der Waals surface area contributed by atoms with Gasteiger partial charge in [0.25, 0.3) is 11.8 Å². The van der Waals surface area contributed by atoms with E-state index in [0.717, 1.165) is 22.3 Å². The smallest absolute Gasteiger partial charge is 0.262 e. The molecule has 214 valence electrons. The first-order valence-electron chi connectivity index (χ1n) is 13.2. The Morgan fingerprint density at radius 1 is 0.780 bits per heavy atom. The largest absolute Gasteiger partial charge is 0.338 e. The molecule has 1 saturated heterocycles. The van der Waals surface area contributed by atoms with Crippen LogP contribution in [0.3, 0.4) is 0 Å². The number of nitrogens with zero attached hydrogens (tertiary/aromatic N) is 3. The topological polar surface area (TPSA) is 95.1 Å². The molecule has 0 aliphatic carbocycles. The van der Waals surface area contributed by atoms with Gasteiger partial charge in [0.15, 0.2) is 0 Å². The van der Waals surface area contributed by atoms with Crippen LogP contribution < -0.4 is 0 Å². The van der Waals surface area contributed by atoms with Crippen LogP contribution in [-0.2, 0) is 14.6 Å². The molecule has 0 aromatic heterocycles. The van der Waals surface area contributed by atoms with Gasteiger partial charge in [-0.1, -0.05) is 36.4 Å². The van der Waals surface area contributed by atoms with E-state index in [0.29, 0.717) is 13.1 Å². The molecule has 8 nitrogen and oxygen atoms in total. The summed E-state index contributed by atoms with van der Waals surface area (Å²) < 4.78 is 51.3. The lowest BCUT2D eigenvalue weighted by Gasteiger charge is -2.41. The molecular weight excluding hydrogens is 552 g/mol. The van der Waals surface area contributed by atoms with Crippen molar-refractivity contribution in [1.82, 2.24) is 14.7 Å². The number of hydrogen-bond donors (Lipinski definition) is 0. The van der Waals surface area contributed by atoms with Crippen molar-refractivity contribution >= 4 is 27.6 Å². The summed E-state index contributed by atoms with van der Waals surface area (Å²) in [5.74, 6) is -2.87. The maximum atomic E-state index is 13.8. The number of imide groups is 1. The molecule has 3 amide bonds. The number of carbonyl (C=O) groups excluding carboxylic acids is 3. The lowest BCUT2D eigenvalue weighted by atomic mass is 9.96. The molecule has 2 aliphatic heterocycles. The molecule has 0 bridgehead atoms. The second-order valence-electron chi connectivity index (χ2n) is 10.3. The van der Waals surface area contributed by atoms with Crippen molar-refractivity contribution < 1.29 is 31.6 Å². The lowest BCUT2D eigenvalue weighted by molar-refractivity contribution is -0.137. The minimum absolute atomic E-state index is 0.181. The van der Waals surface area contributed by atoms with E-state index < -0.39 is 33.6 Å². The molecule has 0 saturated carbocycles. The molecule has 1 atom stereocenters. The molecule has 0 spiro atoms. The molecule has 41 heavy (non-hydrogen) atoms. The Morgan fingerprint density at radius 2 is 1.24 bits per heavy atom. The minimum atomic E-state index is -3.48. The molecule has 3 aromatic rings. The van der Waals surface area contributed by atoms with E-state index in [1.165, 1.54) is 36.4 Å². The second-order valence-corrected chi connectivity index (χ2v) is 12.6. The van der Waals surface area contributed by atoms with Gasteiger partial charge in [-0.2, -0.15) is 0 Å². The average molecular weight is 582 g/mol. The predicted molar refractivity (Wildman–Crippen MR) is 148 cm³/mol. The van der Waals surface area contributed by atoms with E-state index in [-0.39, 0.29) is 54.1 Å². The summed E-state index contributed by atoms with van der Waals surface area (Å²) in [6.07, 6.45) is 0.831. The molecule has 5 rings (SSSR count). The minimum Gasteiger partial charge on any atom is -0.338 e. The van der Waals surface area contributed by atoms with Gasteiger partial charge in [0.05, 0.1) is 22.9 Å². The summed E-state index contributed by atoms with van der Waals surface area (Å²) >= 11 is 0. The Morgan fingerprint density at radius 3 is 1.68 bits per heavy atom. The van der Waals surface area contributed by atoms with E-state index in [1.54, 1.807) is 41.3 Å². The molecule has 0 N–H and O–H groups in total. The summed E-state index contributed by atoms with van der Waals surface area (Å²) in [5.41, 5.74) is 1.96. The summed E-state index contributed by atoms with van der Waals surface area (Å²) in [6, 6.07) is 16.8. The first kappa shape index (κ1) is 28.6. The highest BCUT2D eigenvalue weighted by Gasteiger charge is 2.44.